The van der Waals surface area contributed by atoms with Crippen LogP contribution in [0.25, 0.3) is 10.8 Å². The van der Waals surface area contributed by atoms with E-state index in [2.05, 4.69) is 15.1 Å². The summed E-state index contributed by atoms with van der Waals surface area (Å²) >= 11 is 1.57. The zero-order valence-corrected chi connectivity index (χ0v) is 13.2. The van der Waals surface area contributed by atoms with Gasteiger partial charge in [-0.05, 0) is 43.1 Å². The minimum atomic E-state index is -0.225. The van der Waals surface area contributed by atoms with Crippen molar-refractivity contribution in [2.75, 3.05) is 7.05 Å². The van der Waals surface area contributed by atoms with E-state index in [1.165, 1.54) is 12.1 Å². The summed E-state index contributed by atoms with van der Waals surface area (Å²) in [6.45, 7) is 2.69. The highest BCUT2D eigenvalue weighted by atomic mass is 32.1. The highest BCUT2D eigenvalue weighted by molar-refractivity contribution is 7.13. The number of thiophene rings is 1. The molecular weight excluding hydrogens is 301 g/mol. The Morgan fingerprint density at radius 2 is 2.00 bits per heavy atom. The van der Waals surface area contributed by atoms with Gasteiger partial charge in [-0.25, -0.2) is 4.39 Å². The van der Waals surface area contributed by atoms with Crippen molar-refractivity contribution in [3.63, 3.8) is 0 Å². The predicted molar refractivity (Wildman–Crippen MR) is 83.9 cm³/mol. The standard InChI is InChI=1S/C16H16FN3OS/c1-11(20(2)10-12-5-7-13(17)8-6-12)15-18-19-16(21-15)14-4-3-9-22-14/h3-9,11H,10H2,1-2H3. The molecule has 0 bridgehead atoms. The Morgan fingerprint density at radius 3 is 2.68 bits per heavy atom. The van der Waals surface area contributed by atoms with Gasteiger partial charge >= 0.3 is 0 Å². The van der Waals surface area contributed by atoms with Crippen LogP contribution in [-0.2, 0) is 6.54 Å². The maximum Gasteiger partial charge on any atom is 0.257 e. The molecule has 2 aromatic heterocycles. The minimum Gasteiger partial charge on any atom is -0.418 e. The van der Waals surface area contributed by atoms with Gasteiger partial charge in [-0.2, -0.15) is 0 Å². The summed E-state index contributed by atoms with van der Waals surface area (Å²) in [5.41, 5.74) is 1.04. The van der Waals surface area contributed by atoms with Crippen molar-refractivity contribution in [3.05, 3.63) is 59.0 Å². The number of rotatable bonds is 5. The molecule has 3 rings (SSSR count). The molecule has 2 heterocycles. The van der Waals surface area contributed by atoms with E-state index in [9.17, 15) is 4.39 Å². The van der Waals surface area contributed by atoms with Crippen molar-refractivity contribution < 1.29 is 8.81 Å². The maximum atomic E-state index is 12.9. The molecule has 4 nitrogen and oxygen atoms in total. The topological polar surface area (TPSA) is 42.2 Å². The van der Waals surface area contributed by atoms with E-state index >= 15 is 0 Å². The van der Waals surface area contributed by atoms with Crippen LogP contribution in [-0.4, -0.2) is 22.1 Å². The molecule has 0 aliphatic heterocycles. The molecule has 0 spiro atoms. The number of benzene rings is 1. The second kappa shape index (κ2) is 6.37. The molecule has 1 atom stereocenters. The number of hydrogen-bond acceptors (Lipinski definition) is 5. The van der Waals surface area contributed by atoms with Gasteiger partial charge in [0, 0.05) is 6.54 Å². The van der Waals surface area contributed by atoms with Gasteiger partial charge in [0.05, 0.1) is 10.9 Å². The van der Waals surface area contributed by atoms with Crippen LogP contribution >= 0.6 is 11.3 Å². The Balaban J connectivity index is 1.70. The van der Waals surface area contributed by atoms with Gasteiger partial charge in [0.25, 0.3) is 5.89 Å². The molecule has 114 valence electrons. The van der Waals surface area contributed by atoms with Gasteiger partial charge in [-0.1, -0.05) is 18.2 Å². The molecule has 0 fully saturated rings. The van der Waals surface area contributed by atoms with Crippen LogP contribution in [0.5, 0.6) is 0 Å². The van der Waals surface area contributed by atoms with Crippen LogP contribution in [0, 0.1) is 5.82 Å². The van der Waals surface area contributed by atoms with E-state index in [-0.39, 0.29) is 11.9 Å². The van der Waals surface area contributed by atoms with Crippen molar-refractivity contribution in [3.8, 4) is 10.8 Å². The highest BCUT2D eigenvalue weighted by Crippen LogP contribution is 2.26. The molecule has 1 unspecified atom stereocenters. The van der Waals surface area contributed by atoms with E-state index in [0.717, 1.165) is 10.4 Å². The Bertz CT molecular complexity index is 724. The van der Waals surface area contributed by atoms with Gasteiger partial charge in [0.1, 0.15) is 5.82 Å². The summed E-state index contributed by atoms with van der Waals surface area (Å²) in [7, 11) is 1.98. The Labute approximate surface area is 132 Å². The number of hydrogen-bond donors (Lipinski definition) is 0. The monoisotopic (exact) mass is 317 g/mol. The molecule has 0 radical (unpaired) electrons. The summed E-state index contributed by atoms with van der Waals surface area (Å²) in [5.74, 6) is 0.900. The lowest BCUT2D eigenvalue weighted by Crippen LogP contribution is -2.22. The third kappa shape index (κ3) is 3.23. The number of aromatic nitrogens is 2. The normalized spacial score (nSPS) is 12.7. The fourth-order valence-corrected chi connectivity index (χ4v) is 2.75. The lowest BCUT2D eigenvalue weighted by atomic mass is 10.2. The second-order valence-electron chi connectivity index (χ2n) is 5.14. The molecule has 1 aromatic carbocycles. The molecule has 6 heteroatoms. The lowest BCUT2D eigenvalue weighted by Gasteiger charge is -2.21. The maximum absolute atomic E-state index is 12.9. The minimum absolute atomic E-state index is 0.0220. The van der Waals surface area contributed by atoms with Crippen LogP contribution in [0.4, 0.5) is 4.39 Å². The Hall–Kier alpha value is -2.05. The van der Waals surface area contributed by atoms with Gasteiger partial charge in [-0.15, -0.1) is 21.5 Å². The van der Waals surface area contributed by atoms with E-state index in [1.807, 2.05) is 31.5 Å². The first kappa shape index (κ1) is 14.9. The highest BCUT2D eigenvalue weighted by Gasteiger charge is 2.19. The van der Waals surface area contributed by atoms with Gasteiger partial charge in [0.15, 0.2) is 0 Å². The molecule has 0 aliphatic carbocycles. The molecule has 3 aromatic rings. The molecule has 0 saturated heterocycles. The van der Waals surface area contributed by atoms with E-state index in [0.29, 0.717) is 18.3 Å². The van der Waals surface area contributed by atoms with Crippen LogP contribution in [0.3, 0.4) is 0 Å². The van der Waals surface area contributed by atoms with E-state index in [1.54, 1.807) is 23.5 Å². The van der Waals surface area contributed by atoms with Crippen LogP contribution < -0.4 is 0 Å². The number of nitrogens with zero attached hydrogens (tertiary/aromatic N) is 3. The van der Waals surface area contributed by atoms with E-state index < -0.39 is 0 Å². The zero-order valence-electron chi connectivity index (χ0n) is 12.4. The van der Waals surface area contributed by atoms with Crippen LogP contribution in [0.2, 0.25) is 0 Å². The molecule has 0 N–H and O–H groups in total. The van der Waals surface area contributed by atoms with Gasteiger partial charge in [0.2, 0.25) is 5.89 Å². The quantitative estimate of drug-likeness (QED) is 0.709. The first-order chi connectivity index (χ1) is 10.6. The first-order valence-electron chi connectivity index (χ1n) is 6.95. The average Bonchev–Trinajstić information content (AvgIpc) is 3.19. The van der Waals surface area contributed by atoms with Crippen molar-refractivity contribution >= 4 is 11.3 Å². The molecule has 22 heavy (non-hydrogen) atoms. The lowest BCUT2D eigenvalue weighted by molar-refractivity contribution is 0.218. The molecular formula is C16H16FN3OS. The summed E-state index contributed by atoms with van der Waals surface area (Å²) < 4.78 is 18.7. The van der Waals surface area contributed by atoms with Crippen molar-refractivity contribution in [1.82, 2.24) is 15.1 Å². The molecule has 0 saturated carbocycles. The van der Waals surface area contributed by atoms with Crippen molar-refractivity contribution in [2.45, 2.75) is 19.5 Å². The Kier molecular flexibility index (Phi) is 4.31. The third-order valence-electron chi connectivity index (χ3n) is 3.54. The SMILES string of the molecule is CC(c1nnc(-c2cccs2)o1)N(C)Cc1ccc(F)cc1. The van der Waals surface area contributed by atoms with Gasteiger partial charge < -0.3 is 4.42 Å². The first-order valence-corrected chi connectivity index (χ1v) is 7.83. The predicted octanol–water partition coefficient (Wildman–Crippen LogP) is 4.13. The molecule has 0 amide bonds. The third-order valence-corrected chi connectivity index (χ3v) is 4.39. The zero-order chi connectivity index (χ0) is 15.5. The average molecular weight is 317 g/mol. The van der Waals surface area contributed by atoms with Crippen LogP contribution in [0.1, 0.15) is 24.4 Å². The second-order valence-corrected chi connectivity index (χ2v) is 6.09. The summed E-state index contributed by atoms with van der Waals surface area (Å²) in [6.07, 6.45) is 0. The van der Waals surface area contributed by atoms with E-state index in [4.69, 9.17) is 4.42 Å². The number of halogens is 1. The smallest absolute Gasteiger partial charge is 0.257 e. The fourth-order valence-electron chi connectivity index (χ4n) is 2.11. The largest absolute Gasteiger partial charge is 0.418 e. The van der Waals surface area contributed by atoms with Crippen LogP contribution in [0.15, 0.2) is 46.2 Å². The summed E-state index contributed by atoms with van der Waals surface area (Å²) in [6, 6.07) is 10.4. The van der Waals surface area contributed by atoms with Gasteiger partial charge in [-0.3, -0.25) is 4.90 Å². The van der Waals surface area contributed by atoms with Crippen molar-refractivity contribution in [1.29, 1.82) is 0 Å². The fraction of sp³-hybridized carbons (Fsp3) is 0.250. The summed E-state index contributed by atoms with van der Waals surface area (Å²) in [4.78, 5) is 3.05. The van der Waals surface area contributed by atoms with Crippen molar-refractivity contribution in [2.24, 2.45) is 0 Å². The Morgan fingerprint density at radius 1 is 1.23 bits per heavy atom. The molecule has 0 aliphatic rings. The summed E-state index contributed by atoms with van der Waals surface area (Å²) in [5, 5.41) is 10.2.